The standard InChI is InChI=1S/C21H23N5O2/c1-22-21(24-13-12-23-19(27)16-8-4-2-5-9-16)25-14-18-15-28-20(26-18)17-10-6-3-7-11-17/h2-11,15H,12-14H2,1H3,(H,23,27)(H2,22,24,25). The normalized spacial score (nSPS) is 11.1. The highest BCUT2D eigenvalue weighted by molar-refractivity contribution is 5.94. The topological polar surface area (TPSA) is 91.5 Å². The van der Waals surface area contributed by atoms with Crippen molar-refractivity contribution < 1.29 is 9.21 Å². The number of carbonyl (C=O) groups excluding carboxylic acids is 1. The predicted molar refractivity (Wildman–Crippen MR) is 109 cm³/mol. The van der Waals surface area contributed by atoms with Crippen molar-refractivity contribution in [1.82, 2.24) is 20.9 Å². The number of hydrogen-bond donors (Lipinski definition) is 3. The zero-order valence-corrected chi connectivity index (χ0v) is 15.7. The maximum absolute atomic E-state index is 12.0. The third kappa shape index (κ3) is 5.44. The van der Waals surface area contributed by atoms with Crippen LogP contribution >= 0.6 is 0 Å². The molecule has 0 atom stereocenters. The van der Waals surface area contributed by atoms with Crippen molar-refractivity contribution in [2.24, 2.45) is 4.99 Å². The van der Waals surface area contributed by atoms with E-state index in [-0.39, 0.29) is 5.91 Å². The summed E-state index contributed by atoms with van der Waals surface area (Å²) in [6, 6.07) is 18.9. The minimum Gasteiger partial charge on any atom is -0.444 e. The Kier molecular flexibility index (Phi) is 6.78. The Hall–Kier alpha value is -3.61. The average molecular weight is 377 g/mol. The molecule has 0 radical (unpaired) electrons. The Balaban J connectivity index is 1.40. The average Bonchev–Trinajstić information content (AvgIpc) is 3.23. The summed E-state index contributed by atoms with van der Waals surface area (Å²) in [4.78, 5) is 20.6. The molecule has 3 rings (SSSR count). The van der Waals surface area contributed by atoms with Crippen LogP contribution in [0.2, 0.25) is 0 Å². The molecule has 2 aromatic carbocycles. The number of carbonyl (C=O) groups is 1. The van der Waals surface area contributed by atoms with E-state index >= 15 is 0 Å². The SMILES string of the molecule is CN=C(NCCNC(=O)c1ccccc1)NCc1coc(-c2ccccc2)n1. The number of aliphatic imine (C=N–C) groups is 1. The first-order chi connectivity index (χ1) is 13.8. The van der Waals surface area contributed by atoms with Crippen LogP contribution in [0.1, 0.15) is 16.1 Å². The summed E-state index contributed by atoms with van der Waals surface area (Å²) in [7, 11) is 1.69. The molecule has 1 amide bonds. The molecule has 0 spiro atoms. The largest absolute Gasteiger partial charge is 0.444 e. The molecule has 1 heterocycles. The van der Waals surface area contributed by atoms with Gasteiger partial charge in [0.1, 0.15) is 6.26 Å². The minimum atomic E-state index is -0.0959. The molecule has 0 aliphatic rings. The van der Waals surface area contributed by atoms with E-state index in [1.807, 2.05) is 48.5 Å². The van der Waals surface area contributed by atoms with E-state index in [9.17, 15) is 4.79 Å². The molecule has 0 saturated carbocycles. The van der Waals surface area contributed by atoms with Gasteiger partial charge >= 0.3 is 0 Å². The number of amides is 1. The van der Waals surface area contributed by atoms with Crippen LogP contribution in [-0.4, -0.2) is 37.0 Å². The van der Waals surface area contributed by atoms with E-state index in [0.29, 0.717) is 37.0 Å². The van der Waals surface area contributed by atoms with Gasteiger partial charge in [0, 0.05) is 31.3 Å². The van der Waals surface area contributed by atoms with Gasteiger partial charge < -0.3 is 20.4 Å². The van der Waals surface area contributed by atoms with Crippen LogP contribution in [0.5, 0.6) is 0 Å². The van der Waals surface area contributed by atoms with E-state index in [4.69, 9.17) is 4.42 Å². The summed E-state index contributed by atoms with van der Waals surface area (Å²) in [6.07, 6.45) is 1.63. The fraction of sp³-hybridized carbons (Fsp3) is 0.190. The van der Waals surface area contributed by atoms with Crippen LogP contribution < -0.4 is 16.0 Å². The van der Waals surface area contributed by atoms with Gasteiger partial charge in [0.25, 0.3) is 5.91 Å². The Morgan fingerprint density at radius 2 is 1.64 bits per heavy atom. The van der Waals surface area contributed by atoms with Gasteiger partial charge in [0.2, 0.25) is 5.89 Å². The molecular formula is C21H23N5O2. The molecule has 3 N–H and O–H groups in total. The summed E-state index contributed by atoms with van der Waals surface area (Å²) in [6.45, 7) is 1.51. The van der Waals surface area contributed by atoms with Gasteiger partial charge in [-0.3, -0.25) is 9.79 Å². The van der Waals surface area contributed by atoms with Gasteiger partial charge in [0.15, 0.2) is 5.96 Å². The zero-order chi connectivity index (χ0) is 19.6. The van der Waals surface area contributed by atoms with Gasteiger partial charge in [-0.15, -0.1) is 0 Å². The summed E-state index contributed by atoms with van der Waals surface area (Å²) in [5.74, 6) is 1.11. The van der Waals surface area contributed by atoms with Crippen molar-refractivity contribution in [3.63, 3.8) is 0 Å². The van der Waals surface area contributed by atoms with Crippen molar-refractivity contribution in [1.29, 1.82) is 0 Å². The van der Waals surface area contributed by atoms with Crippen molar-refractivity contribution in [2.45, 2.75) is 6.54 Å². The van der Waals surface area contributed by atoms with Gasteiger partial charge in [-0.25, -0.2) is 4.98 Å². The molecular weight excluding hydrogens is 354 g/mol. The maximum Gasteiger partial charge on any atom is 0.251 e. The number of nitrogens with zero attached hydrogens (tertiary/aromatic N) is 2. The Labute approximate surface area is 163 Å². The molecule has 0 bridgehead atoms. The lowest BCUT2D eigenvalue weighted by Gasteiger charge is -2.11. The van der Waals surface area contributed by atoms with Gasteiger partial charge in [-0.1, -0.05) is 36.4 Å². The number of guanidine groups is 1. The van der Waals surface area contributed by atoms with E-state index in [1.54, 1.807) is 25.4 Å². The zero-order valence-electron chi connectivity index (χ0n) is 15.7. The maximum atomic E-state index is 12.0. The lowest BCUT2D eigenvalue weighted by Crippen LogP contribution is -2.41. The molecule has 144 valence electrons. The number of rotatable bonds is 7. The van der Waals surface area contributed by atoms with Crippen LogP contribution in [0.25, 0.3) is 11.5 Å². The molecule has 0 fully saturated rings. The smallest absolute Gasteiger partial charge is 0.251 e. The quantitative estimate of drug-likeness (QED) is 0.334. The second kappa shape index (κ2) is 9.91. The second-order valence-corrected chi connectivity index (χ2v) is 5.98. The van der Waals surface area contributed by atoms with E-state index in [1.165, 1.54) is 0 Å². The number of oxazole rings is 1. The van der Waals surface area contributed by atoms with Crippen molar-refractivity contribution in [3.8, 4) is 11.5 Å². The highest BCUT2D eigenvalue weighted by Crippen LogP contribution is 2.17. The van der Waals surface area contributed by atoms with Crippen LogP contribution in [0.4, 0.5) is 0 Å². The molecule has 0 unspecified atom stereocenters. The first-order valence-electron chi connectivity index (χ1n) is 9.04. The summed E-state index contributed by atoms with van der Waals surface area (Å²) in [5, 5.41) is 9.19. The summed E-state index contributed by atoms with van der Waals surface area (Å²) in [5.41, 5.74) is 2.36. The Morgan fingerprint density at radius 1 is 0.964 bits per heavy atom. The second-order valence-electron chi connectivity index (χ2n) is 5.98. The van der Waals surface area contributed by atoms with Crippen LogP contribution in [0, 0.1) is 0 Å². The third-order valence-electron chi connectivity index (χ3n) is 3.97. The van der Waals surface area contributed by atoms with E-state index in [2.05, 4.69) is 25.9 Å². The third-order valence-corrected chi connectivity index (χ3v) is 3.97. The fourth-order valence-electron chi connectivity index (χ4n) is 2.54. The molecule has 0 saturated heterocycles. The highest BCUT2D eigenvalue weighted by Gasteiger charge is 2.07. The Morgan fingerprint density at radius 3 is 2.36 bits per heavy atom. The number of benzene rings is 2. The molecule has 0 aliphatic heterocycles. The van der Waals surface area contributed by atoms with E-state index in [0.717, 1.165) is 11.3 Å². The molecule has 28 heavy (non-hydrogen) atoms. The fourth-order valence-corrected chi connectivity index (χ4v) is 2.54. The van der Waals surface area contributed by atoms with Gasteiger partial charge in [-0.05, 0) is 24.3 Å². The highest BCUT2D eigenvalue weighted by atomic mass is 16.3. The van der Waals surface area contributed by atoms with Gasteiger partial charge in [0.05, 0.1) is 12.2 Å². The summed E-state index contributed by atoms with van der Waals surface area (Å²) < 4.78 is 5.52. The van der Waals surface area contributed by atoms with Crippen LogP contribution in [0.3, 0.4) is 0 Å². The van der Waals surface area contributed by atoms with Crippen LogP contribution in [-0.2, 0) is 6.54 Å². The first kappa shape index (κ1) is 19.2. The monoisotopic (exact) mass is 377 g/mol. The first-order valence-corrected chi connectivity index (χ1v) is 9.04. The van der Waals surface area contributed by atoms with Crippen molar-refractivity contribution >= 4 is 11.9 Å². The molecule has 7 heteroatoms. The van der Waals surface area contributed by atoms with Crippen molar-refractivity contribution in [2.75, 3.05) is 20.1 Å². The Bertz CT molecular complexity index is 907. The van der Waals surface area contributed by atoms with Crippen molar-refractivity contribution in [3.05, 3.63) is 78.2 Å². The lowest BCUT2D eigenvalue weighted by molar-refractivity contribution is 0.0954. The molecule has 1 aromatic heterocycles. The predicted octanol–water partition coefficient (Wildman–Crippen LogP) is 2.44. The molecule has 3 aromatic rings. The number of nitrogens with one attached hydrogen (secondary N) is 3. The van der Waals surface area contributed by atoms with Gasteiger partial charge in [-0.2, -0.15) is 0 Å². The van der Waals surface area contributed by atoms with Crippen LogP contribution in [0.15, 0.2) is 76.3 Å². The number of hydrogen-bond acceptors (Lipinski definition) is 4. The number of aromatic nitrogens is 1. The lowest BCUT2D eigenvalue weighted by atomic mass is 10.2. The van der Waals surface area contributed by atoms with E-state index < -0.39 is 0 Å². The minimum absolute atomic E-state index is 0.0959. The molecule has 0 aliphatic carbocycles. The molecule has 7 nitrogen and oxygen atoms in total. The summed E-state index contributed by atoms with van der Waals surface area (Å²) >= 11 is 0.